The fourth-order valence-electron chi connectivity index (χ4n) is 4.92. The minimum absolute atomic E-state index is 0.165. The van der Waals surface area contributed by atoms with Gasteiger partial charge >= 0.3 is 16.2 Å². The maximum Gasteiger partial charge on any atom is 0.410 e. The van der Waals surface area contributed by atoms with E-state index in [0.717, 1.165) is 11.3 Å². The SMILES string of the molecule is Cc1ccc(S(=O)(=O)ON2C(=O)c3cccc4c(N5CCCN(C(=O)OC(C)(C)C)CC5)ccc(c34)C2=O)cc1. The number of anilines is 1. The molecule has 0 radical (unpaired) electrons. The molecule has 0 aliphatic carbocycles. The molecule has 0 unspecified atom stereocenters. The third-order valence-corrected chi connectivity index (χ3v) is 8.01. The Labute approximate surface area is 233 Å². The van der Waals surface area contributed by atoms with Crippen LogP contribution in [0, 0.1) is 6.92 Å². The van der Waals surface area contributed by atoms with E-state index in [1.165, 1.54) is 12.1 Å². The highest BCUT2D eigenvalue weighted by molar-refractivity contribution is 7.86. The molecule has 3 aromatic carbocycles. The zero-order valence-corrected chi connectivity index (χ0v) is 23.7. The van der Waals surface area contributed by atoms with Crippen LogP contribution in [0.5, 0.6) is 0 Å². The number of hydroxylamine groups is 2. The van der Waals surface area contributed by atoms with Gasteiger partial charge in [0.15, 0.2) is 0 Å². The van der Waals surface area contributed by atoms with Crippen molar-refractivity contribution in [2.24, 2.45) is 0 Å². The quantitative estimate of drug-likeness (QED) is 0.425. The van der Waals surface area contributed by atoms with E-state index in [4.69, 9.17) is 9.02 Å². The Morgan fingerprint density at radius 1 is 0.850 bits per heavy atom. The Balaban J connectivity index is 1.43. The van der Waals surface area contributed by atoms with Crippen molar-refractivity contribution in [1.82, 2.24) is 9.96 Å². The summed E-state index contributed by atoms with van der Waals surface area (Å²) in [6.07, 6.45) is 0.349. The number of carbonyl (C=O) groups excluding carboxylic acids is 3. The summed E-state index contributed by atoms with van der Waals surface area (Å²) in [4.78, 5) is 43.0. The van der Waals surface area contributed by atoms with Crippen LogP contribution in [0.15, 0.2) is 59.5 Å². The van der Waals surface area contributed by atoms with Crippen LogP contribution in [0.3, 0.4) is 0 Å². The lowest BCUT2D eigenvalue weighted by Gasteiger charge is -2.29. The summed E-state index contributed by atoms with van der Waals surface area (Å²) in [5.74, 6) is -1.72. The molecule has 5 rings (SSSR count). The molecular formula is C29H31N3O7S. The molecule has 0 aromatic heterocycles. The Hall–Kier alpha value is -3.96. The molecule has 0 spiro atoms. The third kappa shape index (κ3) is 5.26. The van der Waals surface area contributed by atoms with E-state index in [9.17, 15) is 22.8 Å². The molecule has 3 aromatic rings. The van der Waals surface area contributed by atoms with Crippen molar-refractivity contribution in [3.05, 3.63) is 71.3 Å². The standard InChI is InChI=1S/C29H31N3O7S/c1-19-9-11-20(12-10-19)40(36,37)39-32-26(33)22-8-5-7-21-24(14-13-23(25(21)22)27(32)34)30-15-6-16-31(18-17-30)28(35)38-29(2,3)4/h5,7-14H,6,15-18H2,1-4H3. The van der Waals surface area contributed by atoms with Gasteiger partial charge in [0.2, 0.25) is 0 Å². The molecule has 11 heteroatoms. The second-order valence-corrected chi connectivity index (χ2v) is 12.4. The Morgan fingerprint density at radius 2 is 1.52 bits per heavy atom. The smallest absolute Gasteiger partial charge is 0.410 e. The van der Waals surface area contributed by atoms with Crippen molar-refractivity contribution >= 4 is 44.5 Å². The third-order valence-electron chi connectivity index (χ3n) is 6.82. The predicted octanol–water partition coefficient (Wildman–Crippen LogP) is 4.51. The van der Waals surface area contributed by atoms with Crippen LogP contribution in [0.1, 0.15) is 53.5 Å². The number of amides is 3. The fourth-order valence-corrected chi connectivity index (χ4v) is 5.80. The average molecular weight is 566 g/mol. The van der Waals surface area contributed by atoms with Gasteiger partial charge in [-0.3, -0.25) is 9.59 Å². The first-order valence-corrected chi connectivity index (χ1v) is 14.5. The first-order chi connectivity index (χ1) is 18.9. The van der Waals surface area contributed by atoms with Crippen molar-refractivity contribution in [3.8, 4) is 0 Å². The zero-order valence-electron chi connectivity index (χ0n) is 22.8. The van der Waals surface area contributed by atoms with Crippen LogP contribution in [0.25, 0.3) is 10.8 Å². The summed E-state index contributed by atoms with van der Waals surface area (Å²) in [6.45, 7) is 9.49. The molecule has 0 N–H and O–H groups in total. The number of hydrogen-bond donors (Lipinski definition) is 0. The summed E-state index contributed by atoms with van der Waals surface area (Å²) >= 11 is 0. The number of nitrogens with zero attached hydrogens (tertiary/aromatic N) is 3. The molecule has 2 aliphatic heterocycles. The number of ether oxygens (including phenoxy) is 1. The van der Waals surface area contributed by atoms with Crippen LogP contribution < -0.4 is 4.90 Å². The first kappa shape index (κ1) is 27.6. The highest BCUT2D eigenvalue weighted by Gasteiger charge is 2.38. The number of benzene rings is 3. The molecule has 3 amide bonds. The van der Waals surface area contributed by atoms with Crippen LogP contribution in [-0.4, -0.2) is 68.1 Å². The van der Waals surface area contributed by atoms with Crippen molar-refractivity contribution < 1.29 is 31.8 Å². The van der Waals surface area contributed by atoms with Crippen molar-refractivity contribution in [2.75, 3.05) is 31.1 Å². The summed E-state index contributed by atoms with van der Waals surface area (Å²) in [7, 11) is -4.43. The van der Waals surface area contributed by atoms with Crippen molar-refractivity contribution in [2.45, 2.75) is 44.6 Å². The maximum atomic E-state index is 13.4. The molecule has 0 atom stereocenters. The second-order valence-electron chi connectivity index (χ2n) is 10.9. The fraction of sp³-hybridized carbons (Fsp3) is 0.345. The lowest BCUT2D eigenvalue weighted by Crippen LogP contribution is -2.42. The lowest BCUT2D eigenvalue weighted by atomic mass is 9.93. The maximum absolute atomic E-state index is 13.4. The van der Waals surface area contributed by atoms with Crippen LogP contribution in [0.2, 0.25) is 0 Å². The summed E-state index contributed by atoms with van der Waals surface area (Å²) < 4.78 is 36.4. The van der Waals surface area contributed by atoms with Gasteiger partial charge in [-0.1, -0.05) is 29.8 Å². The average Bonchev–Trinajstić information content (AvgIpc) is 3.15. The molecular weight excluding hydrogens is 534 g/mol. The van der Waals surface area contributed by atoms with Gasteiger partial charge < -0.3 is 14.5 Å². The number of imide groups is 1. The van der Waals surface area contributed by atoms with Gasteiger partial charge in [-0.15, -0.1) is 9.35 Å². The van der Waals surface area contributed by atoms with E-state index in [1.54, 1.807) is 41.3 Å². The topological polar surface area (TPSA) is 114 Å². The molecule has 0 saturated carbocycles. The van der Waals surface area contributed by atoms with Gasteiger partial charge in [0.1, 0.15) is 5.60 Å². The van der Waals surface area contributed by atoms with E-state index in [1.807, 2.05) is 33.8 Å². The summed E-state index contributed by atoms with van der Waals surface area (Å²) in [5, 5.41) is 1.44. The first-order valence-electron chi connectivity index (χ1n) is 13.0. The van der Waals surface area contributed by atoms with E-state index < -0.39 is 27.5 Å². The number of hydrogen-bond acceptors (Lipinski definition) is 8. The number of carbonyl (C=O) groups is 3. The van der Waals surface area contributed by atoms with Crippen LogP contribution in [-0.2, 0) is 19.1 Å². The molecule has 10 nitrogen and oxygen atoms in total. The number of aryl methyl sites for hydroxylation is 1. The van der Waals surface area contributed by atoms with E-state index in [0.29, 0.717) is 48.4 Å². The number of rotatable bonds is 4. The minimum atomic E-state index is -4.43. The molecule has 0 bridgehead atoms. The highest BCUT2D eigenvalue weighted by Crippen LogP contribution is 2.37. The predicted molar refractivity (Wildman–Crippen MR) is 149 cm³/mol. The van der Waals surface area contributed by atoms with Gasteiger partial charge in [0.05, 0.1) is 16.0 Å². The zero-order chi connectivity index (χ0) is 28.8. The second kappa shape index (κ2) is 10.2. The summed E-state index contributed by atoms with van der Waals surface area (Å²) in [5.41, 5.74) is 1.41. The largest absolute Gasteiger partial charge is 0.444 e. The van der Waals surface area contributed by atoms with Gasteiger partial charge in [-0.05, 0) is 64.4 Å². The van der Waals surface area contributed by atoms with E-state index >= 15 is 0 Å². The molecule has 1 saturated heterocycles. The van der Waals surface area contributed by atoms with Crippen LogP contribution in [0.4, 0.5) is 10.5 Å². The molecule has 2 aliphatic rings. The van der Waals surface area contributed by atoms with E-state index in [2.05, 4.69) is 4.90 Å². The highest BCUT2D eigenvalue weighted by atomic mass is 32.2. The Bertz CT molecular complexity index is 1590. The van der Waals surface area contributed by atoms with Gasteiger partial charge in [0.25, 0.3) is 11.8 Å². The monoisotopic (exact) mass is 565 g/mol. The molecule has 40 heavy (non-hydrogen) atoms. The van der Waals surface area contributed by atoms with Gasteiger partial charge in [-0.25, -0.2) is 4.79 Å². The lowest BCUT2D eigenvalue weighted by molar-refractivity contribution is -0.0155. The minimum Gasteiger partial charge on any atom is -0.444 e. The Kier molecular flexibility index (Phi) is 7.05. The molecule has 1 fully saturated rings. The van der Waals surface area contributed by atoms with Crippen molar-refractivity contribution in [3.63, 3.8) is 0 Å². The molecule has 2 heterocycles. The van der Waals surface area contributed by atoms with Gasteiger partial charge in [0, 0.05) is 42.6 Å². The normalized spacial score (nSPS) is 16.4. The van der Waals surface area contributed by atoms with Crippen LogP contribution >= 0.6 is 0 Å². The Morgan fingerprint density at radius 3 is 2.20 bits per heavy atom. The van der Waals surface area contributed by atoms with Gasteiger partial charge in [-0.2, -0.15) is 8.42 Å². The van der Waals surface area contributed by atoms with Crippen molar-refractivity contribution in [1.29, 1.82) is 0 Å². The van der Waals surface area contributed by atoms with E-state index in [-0.39, 0.29) is 22.1 Å². The molecule has 210 valence electrons. The summed E-state index contributed by atoms with van der Waals surface area (Å²) in [6, 6.07) is 14.3.